The largest absolute Gasteiger partial charge is 0.508 e. The molecular formula is C22H20N2O3. The highest BCUT2D eigenvalue weighted by molar-refractivity contribution is 5.83. The third-order valence-corrected chi connectivity index (χ3v) is 3.86. The van der Waals surface area contributed by atoms with Crippen LogP contribution in [0.5, 0.6) is 11.5 Å². The fourth-order valence-electron chi connectivity index (χ4n) is 2.52. The first-order chi connectivity index (χ1) is 13.2. The average Bonchev–Trinajstić information content (AvgIpc) is 2.70. The van der Waals surface area contributed by atoms with E-state index in [-0.39, 0.29) is 18.3 Å². The molecule has 27 heavy (non-hydrogen) atoms. The highest BCUT2D eigenvalue weighted by Gasteiger charge is 2.07. The van der Waals surface area contributed by atoms with E-state index in [1.54, 1.807) is 24.3 Å². The van der Waals surface area contributed by atoms with E-state index in [1.165, 1.54) is 11.8 Å². The first-order valence-electron chi connectivity index (χ1n) is 8.56. The number of para-hydroxylation sites is 1. The molecule has 0 fully saturated rings. The summed E-state index contributed by atoms with van der Waals surface area (Å²) < 4.78 is 5.67. The number of amides is 1. The molecule has 0 spiro atoms. The Morgan fingerprint density at radius 2 is 1.67 bits per heavy atom. The van der Waals surface area contributed by atoms with Gasteiger partial charge >= 0.3 is 0 Å². The molecule has 0 heterocycles. The molecule has 3 rings (SSSR count). The maximum Gasteiger partial charge on any atom is 0.277 e. The van der Waals surface area contributed by atoms with E-state index in [1.807, 2.05) is 42.5 Å². The fraction of sp³-hybridized carbons (Fsp3) is 0.0909. The van der Waals surface area contributed by atoms with Crippen LogP contribution in [0.1, 0.15) is 16.7 Å². The molecule has 0 saturated carbocycles. The summed E-state index contributed by atoms with van der Waals surface area (Å²) in [7, 11) is 0. The Kier molecular flexibility index (Phi) is 6.20. The van der Waals surface area contributed by atoms with E-state index in [0.29, 0.717) is 5.75 Å². The minimum atomic E-state index is -0.348. The number of ether oxygens (including phenoxy) is 1. The zero-order valence-corrected chi connectivity index (χ0v) is 14.7. The van der Waals surface area contributed by atoms with E-state index in [9.17, 15) is 9.90 Å². The van der Waals surface area contributed by atoms with Crippen molar-refractivity contribution in [1.29, 1.82) is 0 Å². The number of carbonyl (C=O) groups excluding carboxylic acids is 1. The number of aromatic hydroxyl groups is 1. The van der Waals surface area contributed by atoms with Gasteiger partial charge in [0.2, 0.25) is 0 Å². The van der Waals surface area contributed by atoms with Gasteiger partial charge in [-0.15, -0.1) is 0 Å². The standard InChI is InChI=1S/C22H20N2O3/c25-20-12-10-18(11-13-20)15-23-24-22(26)16-27-21-9-5-4-8-19(21)14-17-6-2-1-3-7-17/h1-13,15,25H,14,16H2,(H,24,26)/b23-15+. The minimum Gasteiger partial charge on any atom is -0.508 e. The molecule has 0 saturated heterocycles. The monoisotopic (exact) mass is 360 g/mol. The van der Waals surface area contributed by atoms with E-state index in [0.717, 1.165) is 17.5 Å². The number of carbonyl (C=O) groups is 1. The number of hydrogen-bond acceptors (Lipinski definition) is 4. The van der Waals surface area contributed by atoms with Crippen molar-refractivity contribution in [2.24, 2.45) is 5.10 Å². The van der Waals surface area contributed by atoms with Crippen LogP contribution in [0.4, 0.5) is 0 Å². The molecule has 0 aromatic heterocycles. The zero-order chi connectivity index (χ0) is 18.9. The topological polar surface area (TPSA) is 70.9 Å². The second-order valence-electron chi connectivity index (χ2n) is 5.94. The van der Waals surface area contributed by atoms with E-state index in [4.69, 9.17) is 4.74 Å². The zero-order valence-electron chi connectivity index (χ0n) is 14.7. The van der Waals surface area contributed by atoms with Crippen molar-refractivity contribution >= 4 is 12.1 Å². The Hall–Kier alpha value is -3.60. The molecule has 0 aliphatic heterocycles. The summed E-state index contributed by atoms with van der Waals surface area (Å²) in [6.45, 7) is -0.126. The van der Waals surface area contributed by atoms with Crippen LogP contribution in [0.15, 0.2) is 84.0 Å². The molecule has 2 N–H and O–H groups in total. The second kappa shape index (κ2) is 9.20. The van der Waals surface area contributed by atoms with E-state index >= 15 is 0 Å². The van der Waals surface area contributed by atoms with Crippen LogP contribution >= 0.6 is 0 Å². The third-order valence-electron chi connectivity index (χ3n) is 3.86. The van der Waals surface area contributed by atoms with Crippen LogP contribution < -0.4 is 10.2 Å². The maximum absolute atomic E-state index is 11.9. The molecule has 0 aliphatic carbocycles. The van der Waals surface area contributed by atoms with Gasteiger partial charge in [-0.3, -0.25) is 4.79 Å². The Morgan fingerprint density at radius 1 is 0.963 bits per heavy atom. The van der Waals surface area contributed by atoms with Crippen LogP contribution in [0, 0.1) is 0 Å². The Balaban J connectivity index is 1.53. The Bertz CT molecular complexity index is 906. The van der Waals surface area contributed by atoms with Crippen molar-refractivity contribution < 1.29 is 14.6 Å². The van der Waals surface area contributed by atoms with Gasteiger partial charge in [0.15, 0.2) is 6.61 Å². The molecule has 3 aromatic carbocycles. The number of nitrogens with zero attached hydrogens (tertiary/aromatic N) is 1. The molecule has 136 valence electrons. The number of hydrogen-bond donors (Lipinski definition) is 2. The van der Waals surface area contributed by atoms with Crippen LogP contribution in [-0.2, 0) is 11.2 Å². The number of rotatable bonds is 7. The van der Waals surface area contributed by atoms with Gasteiger partial charge in [0, 0.05) is 6.42 Å². The summed E-state index contributed by atoms with van der Waals surface area (Å²) in [6, 6.07) is 24.3. The molecular weight excluding hydrogens is 340 g/mol. The van der Waals surface area contributed by atoms with Gasteiger partial charge in [-0.1, -0.05) is 48.5 Å². The van der Waals surface area contributed by atoms with Crippen molar-refractivity contribution in [2.75, 3.05) is 6.61 Å². The number of benzene rings is 3. The smallest absolute Gasteiger partial charge is 0.277 e. The average molecular weight is 360 g/mol. The van der Waals surface area contributed by atoms with Crippen molar-refractivity contribution in [2.45, 2.75) is 6.42 Å². The molecule has 5 heteroatoms. The maximum atomic E-state index is 11.9. The third kappa shape index (κ3) is 5.71. The minimum absolute atomic E-state index is 0.126. The van der Waals surface area contributed by atoms with E-state index < -0.39 is 0 Å². The first kappa shape index (κ1) is 18.2. The highest BCUT2D eigenvalue weighted by Crippen LogP contribution is 2.21. The molecule has 5 nitrogen and oxygen atoms in total. The normalized spacial score (nSPS) is 10.7. The molecule has 0 unspecified atom stereocenters. The molecule has 0 aliphatic rings. The fourth-order valence-corrected chi connectivity index (χ4v) is 2.52. The lowest BCUT2D eigenvalue weighted by Gasteiger charge is -2.11. The second-order valence-corrected chi connectivity index (χ2v) is 5.94. The van der Waals surface area contributed by atoms with Crippen LogP contribution in [0.3, 0.4) is 0 Å². The van der Waals surface area contributed by atoms with Gasteiger partial charge in [-0.05, 0) is 47.0 Å². The first-order valence-corrected chi connectivity index (χ1v) is 8.56. The van der Waals surface area contributed by atoms with Gasteiger partial charge < -0.3 is 9.84 Å². The summed E-state index contributed by atoms with van der Waals surface area (Å²) in [6.07, 6.45) is 2.23. The quantitative estimate of drug-likeness (QED) is 0.500. The highest BCUT2D eigenvalue weighted by atomic mass is 16.5. The van der Waals surface area contributed by atoms with Gasteiger partial charge in [0.1, 0.15) is 11.5 Å². The van der Waals surface area contributed by atoms with Gasteiger partial charge in [0.05, 0.1) is 6.21 Å². The van der Waals surface area contributed by atoms with Crippen molar-refractivity contribution in [3.8, 4) is 11.5 Å². The molecule has 0 radical (unpaired) electrons. The lowest BCUT2D eigenvalue weighted by atomic mass is 10.0. The molecule has 0 bridgehead atoms. The number of phenolic OH excluding ortho intramolecular Hbond substituents is 1. The molecule has 1 amide bonds. The summed E-state index contributed by atoms with van der Waals surface area (Å²) in [5.41, 5.74) is 5.39. The lowest BCUT2D eigenvalue weighted by molar-refractivity contribution is -0.123. The number of hydrazone groups is 1. The van der Waals surface area contributed by atoms with Crippen molar-refractivity contribution in [1.82, 2.24) is 5.43 Å². The predicted octanol–water partition coefficient (Wildman–Crippen LogP) is 3.51. The van der Waals surface area contributed by atoms with E-state index in [2.05, 4.69) is 22.7 Å². The Morgan fingerprint density at radius 3 is 2.44 bits per heavy atom. The summed E-state index contributed by atoms with van der Waals surface area (Å²) in [5, 5.41) is 13.1. The SMILES string of the molecule is O=C(COc1ccccc1Cc1ccccc1)N/N=C/c1ccc(O)cc1. The van der Waals surface area contributed by atoms with Gasteiger partial charge in [0.25, 0.3) is 5.91 Å². The number of phenols is 1. The van der Waals surface area contributed by atoms with Crippen LogP contribution in [0.2, 0.25) is 0 Å². The molecule has 3 aromatic rings. The van der Waals surface area contributed by atoms with Crippen LogP contribution in [-0.4, -0.2) is 23.8 Å². The summed E-state index contributed by atoms with van der Waals surface area (Å²) in [5.74, 6) is 0.511. The number of nitrogens with one attached hydrogen (secondary N) is 1. The van der Waals surface area contributed by atoms with Crippen molar-refractivity contribution in [3.05, 3.63) is 95.6 Å². The summed E-state index contributed by atoms with van der Waals surface area (Å²) >= 11 is 0. The lowest BCUT2D eigenvalue weighted by Crippen LogP contribution is -2.24. The van der Waals surface area contributed by atoms with Crippen molar-refractivity contribution in [3.63, 3.8) is 0 Å². The Labute approximate surface area is 157 Å². The van der Waals surface area contributed by atoms with Gasteiger partial charge in [-0.25, -0.2) is 5.43 Å². The predicted molar refractivity (Wildman–Crippen MR) is 105 cm³/mol. The summed E-state index contributed by atoms with van der Waals surface area (Å²) in [4.78, 5) is 11.9. The van der Waals surface area contributed by atoms with Gasteiger partial charge in [-0.2, -0.15) is 5.10 Å². The molecule has 0 atom stereocenters. The van der Waals surface area contributed by atoms with Crippen LogP contribution in [0.25, 0.3) is 0 Å².